The maximum absolute atomic E-state index is 13.7. The molecule has 1 aromatic heterocycles. The fraction of sp³-hybridized carbons (Fsp3) is 0.478. The Bertz CT molecular complexity index is 1100. The van der Waals surface area contributed by atoms with Gasteiger partial charge in [-0.3, -0.25) is 9.59 Å². The van der Waals surface area contributed by atoms with Gasteiger partial charge in [-0.15, -0.1) is 0 Å². The van der Waals surface area contributed by atoms with Crippen LogP contribution in [0, 0.1) is 0 Å². The third-order valence-electron chi connectivity index (χ3n) is 6.20. The highest BCUT2D eigenvalue weighted by Crippen LogP contribution is 2.34. The van der Waals surface area contributed by atoms with Crippen LogP contribution in [0.15, 0.2) is 24.4 Å². The van der Waals surface area contributed by atoms with E-state index < -0.39 is 23.6 Å². The van der Waals surface area contributed by atoms with Crippen molar-refractivity contribution in [1.82, 2.24) is 14.9 Å². The molecule has 9 nitrogen and oxygen atoms in total. The van der Waals surface area contributed by atoms with E-state index in [2.05, 4.69) is 15.3 Å². The monoisotopic (exact) mass is 491 g/mol. The van der Waals surface area contributed by atoms with E-state index in [-0.39, 0.29) is 34.6 Å². The topological polar surface area (TPSA) is 130 Å². The molecule has 2 aromatic rings. The van der Waals surface area contributed by atoms with Gasteiger partial charge in [-0.2, -0.15) is 18.2 Å². The van der Waals surface area contributed by atoms with E-state index in [9.17, 15) is 22.8 Å². The number of hydrogen-bond acceptors (Lipinski definition) is 7. The predicted octanol–water partition coefficient (Wildman–Crippen LogP) is 2.89. The largest absolute Gasteiger partial charge is 0.416 e. The van der Waals surface area contributed by atoms with E-state index in [4.69, 9.17) is 11.5 Å². The Morgan fingerprint density at radius 2 is 1.80 bits per heavy atom. The van der Waals surface area contributed by atoms with Crippen molar-refractivity contribution in [2.24, 2.45) is 11.5 Å². The van der Waals surface area contributed by atoms with Crippen LogP contribution < -0.4 is 21.7 Å². The molecule has 0 radical (unpaired) electrons. The first kappa shape index (κ1) is 24.7. The van der Waals surface area contributed by atoms with Gasteiger partial charge in [-0.1, -0.05) is 0 Å². The summed E-state index contributed by atoms with van der Waals surface area (Å²) < 4.78 is 41.0. The number of benzene rings is 1. The molecule has 1 unspecified atom stereocenters. The molecule has 3 heterocycles. The number of nitrogens with zero attached hydrogens (tertiary/aromatic N) is 4. The highest BCUT2D eigenvalue weighted by Gasteiger charge is 2.33. The van der Waals surface area contributed by atoms with Crippen LogP contribution in [0.4, 0.5) is 30.6 Å². The van der Waals surface area contributed by atoms with Crippen molar-refractivity contribution in [2.75, 3.05) is 36.4 Å². The first-order valence-electron chi connectivity index (χ1n) is 11.6. The standard InChI is InChI=1S/C23H28F3N7O2/c24-23(25,26)15-9-14(21(35)32-6-2-1-3-7-32)10-17(11-15)30-20-18(19(28)34)12-29-22(31-20)33-8-4-5-16(27)13-33/h9-12,16H,1-8,13,27H2,(H2,28,34)(H,29,30,31). The molecule has 0 saturated carbocycles. The minimum Gasteiger partial charge on any atom is -0.365 e. The van der Waals surface area contributed by atoms with Crippen LogP contribution in [-0.4, -0.2) is 58.9 Å². The molecule has 2 saturated heterocycles. The number of halogens is 3. The van der Waals surface area contributed by atoms with Crippen LogP contribution >= 0.6 is 0 Å². The number of carbonyl (C=O) groups excluding carboxylic acids is 2. The number of aromatic nitrogens is 2. The van der Waals surface area contributed by atoms with Crippen LogP contribution in [0.3, 0.4) is 0 Å². The van der Waals surface area contributed by atoms with Crippen molar-refractivity contribution in [3.63, 3.8) is 0 Å². The Kier molecular flexibility index (Phi) is 7.10. The molecule has 2 aliphatic heterocycles. The van der Waals surface area contributed by atoms with Crippen LogP contribution in [0.2, 0.25) is 0 Å². The normalized spacial score (nSPS) is 18.9. The number of primary amides is 1. The van der Waals surface area contributed by atoms with Gasteiger partial charge in [0.25, 0.3) is 11.8 Å². The number of nitrogens with two attached hydrogens (primary N) is 2. The smallest absolute Gasteiger partial charge is 0.365 e. The summed E-state index contributed by atoms with van der Waals surface area (Å²) in [5.41, 5.74) is 10.3. The van der Waals surface area contributed by atoms with E-state index in [1.165, 1.54) is 12.3 Å². The molecule has 1 atom stereocenters. The Labute approximate surface area is 200 Å². The number of hydrogen-bond donors (Lipinski definition) is 3. The van der Waals surface area contributed by atoms with Crippen LogP contribution in [0.25, 0.3) is 0 Å². The fourth-order valence-corrected chi connectivity index (χ4v) is 4.40. The van der Waals surface area contributed by atoms with Crippen molar-refractivity contribution in [1.29, 1.82) is 0 Å². The summed E-state index contributed by atoms with van der Waals surface area (Å²) in [7, 11) is 0. The van der Waals surface area contributed by atoms with Crippen molar-refractivity contribution in [3.8, 4) is 0 Å². The van der Waals surface area contributed by atoms with Crippen molar-refractivity contribution in [3.05, 3.63) is 41.1 Å². The molecule has 0 aliphatic carbocycles. The Balaban J connectivity index is 1.70. The van der Waals surface area contributed by atoms with Gasteiger partial charge in [0.05, 0.1) is 5.56 Å². The SMILES string of the molecule is NC(=O)c1cnc(N2CCCC(N)C2)nc1Nc1cc(C(=O)N2CCCCC2)cc(C(F)(F)F)c1. The second kappa shape index (κ2) is 10.1. The molecule has 2 aliphatic rings. The molecule has 0 bridgehead atoms. The highest BCUT2D eigenvalue weighted by atomic mass is 19.4. The molecule has 188 valence electrons. The summed E-state index contributed by atoms with van der Waals surface area (Å²) >= 11 is 0. The first-order chi connectivity index (χ1) is 16.6. The summed E-state index contributed by atoms with van der Waals surface area (Å²) in [5.74, 6) is -1.08. The number of alkyl halides is 3. The van der Waals surface area contributed by atoms with Crippen LogP contribution in [-0.2, 0) is 6.18 Å². The highest BCUT2D eigenvalue weighted by molar-refractivity contribution is 5.99. The lowest BCUT2D eigenvalue weighted by atomic mass is 10.1. The molecular formula is C23H28F3N7O2. The van der Waals surface area contributed by atoms with Crippen LogP contribution in [0.1, 0.15) is 58.4 Å². The Hall–Kier alpha value is -3.41. The van der Waals surface area contributed by atoms with Crippen molar-refractivity contribution >= 4 is 29.3 Å². The van der Waals surface area contributed by atoms with E-state index in [1.54, 1.807) is 4.90 Å². The lowest BCUT2D eigenvalue weighted by molar-refractivity contribution is -0.137. The minimum absolute atomic E-state index is 0.0392. The van der Waals surface area contributed by atoms with Crippen LogP contribution in [0.5, 0.6) is 0 Å². The summed E-state index contributed by atoms with van der Waals surface area (Å²) in [6.07, 6.45) is 0.846. The minimum atomic E-state index is -4.68. The van der Waals surface area contributed by atoms with Gasteiger partial charge in [0.2, 0.25) is 5.95 Å². The van der Waals surface area contributed by atoms with Gasteiger partial charge in [0.1, 0.15) is 11.4 Å². The molecule has 2 fully saturated rings. The summed E-state index contributed by atoms with van der Waals surface area (Å²) in [4.78, 5) is 36.9. The zero-order valence-corrected chi connectivity index (χ0v) is 19.1. The first-order valence-corrected chi connectivity index (χ1v) is 11.6. The zero-order valence-electron chi connectivity index (χ0n) is 19.1. The van der Waals surface area contributed by atoms with Gasteiger partial charge in [-0.25, -0.2) is 4.98 Å². The molecule has 0 spiro atoms. The van der Waals surface area contributed by atoms with Crippen molar-refractivity contribution in [2.45, 2.75) is 44.3 Å². The lowest BCUT2D eigenvalue weighted by Gasteiger charge is -2.31. The molecule has 12 heteroatoms. The second-order valence-corrected chi connectivity index (χ2v) is 8.92. The average Bonchev–Trinajstić information content (AvgIpc) is 2.83. The van der Waals surface area contributed by atoms with Crippen molar-refractivity contribution < 1.29 is 22.8 Å². The number of likely N-dealkylation sites (tertiary alicyclic amines) is 1. The van der Waals surface area contributed by atoms with Gasteiger partial charge >= 0.3 is 6.18 Å². The summed E-state index contributed by atoms with van der Waals surface area (Å²) in [5, 5.41) is 2.77. The van der Waals surface area contributed by atoms with Gasteiger partial charge in [0.15, 0.2) is 0 Å². The van der Waals surface area contributed by atoms with E-state index in [0.29, 0.717) is 26.2 Å². The number of nitrogens with one attached hydrogen (secondary N) is 1. The Morgan fingerprint density at radius 3 is 2.46 bits per heavy atom. The molecular weight excluding hydrogens is 463 g/mol. The van der Waals surface area contributed by atoms with Gasteiger partial charge in [-0.05, 0) is 50.3 Å². The molecule has 4 rings (SSSR count). The maximum atomic E-state index is 13.7. The lowest BCUT2D eigenvalue weighted by Crippen LogP contribution is -2.43. The fourth-order valence-electron chi connectivity index (χ4n) is 4.40. The van der Waals surface area contributed by atoms with E-state index >= 15 is 0 Å². The summed E-state index contributed by atoms with van der Waals surface area (Å²) in [6, 6.07) is 2.98. The molecule has 1 aromatic carbocycles. The zero-order chi connectivity index (χ0) is 25.2. The number of rotatable bonds is 5. The van der Waals surface area contributed by atoms with E-state index in [0.717, 1.165) is 44.2 Å². The Morgan fingerprint density at radius 1 is 1.06 bits per heavy atom. The predicted molar refractivity (Wildman–Crippen MR) is 124 cm³/mol. The molecule has 35 heavy (non-hydrogen) atoms. The third-order valence-corrected chi connectivity index (χ3v) is 6.20. The van der Waals surface area contributed by atoms with Gasteiger partial charge in [0, 0.05) is 49.7 Å². The molecule has 5 N–H and O–H groups in total. The number of piperidine rings is 2. The quantitative estimate of drug-likeness (QED) is 0.586. The summed E-state index contributed by atoms with van der Waals surface area (Å²) in [6.45, 7) is 2.16. The maximum Gasteiger partial charge on any atom is 0.416 e. The second-order valence-electron chi connectivity index (χ2n) is 8.92. The van der Waals surface area contributed by atoms with Gasteiger partial charge < -0.3 is 26.6 Å². The number of amides is 2. The number of anilines is 3. The average molecular weight is 492 g/mol. The number of carbonyl (C=O) groups is 2. The third kappa shape index (κ3) is 5.81. The molecule has 2 amide bonds. The van der Waals surface area contributed by atoms with E-state index in [1.807, 2.05) is 4.90 Å².